The molecule has 0 spiro atoms. The van der Waals surface area contributed by atoms with Crippen LogP contribution < -0.4 is 15.4 Å². The molecule has 2 unspecified atom stereocenters. The Morgan fingerprint density at radius 2 is 2.20 bits per heavy atom. The SMILES string of the molecule is CC1CCC(NC(=O)c2cccc(OC(C)C)c2)CN1. The van der Waals surface area contributed by atoms with Crippen LogP contribution in [0.5, 0.6) is 5.75 Å². The minimum absolute atomic E-state index is 0.0273. The number of carbonyl (C=O) groups excluding carboxylic acids is 1. The molecule has 0 aliphatic carbocycles. The first kappa shape index (κ1) is 14.9. The van der Waals surface area contributed by atoms with Gasteiger partial charge in [0, 0.05) is 24.2 Å². The molecule has 1 heterocycles. The number of ether oxygens (including phenoxy) is 1. The van der Waals surface area contributed by atoms with Crippen molar-refractivity contribution in [2.75, 3.05) is 6.54 Å². The van der Waals surface area contributed by atoms with Crippen LogP contribution >= 0.6 is 0 Å². The molecule has 1 aromatic carbocycles. The standard InChI is InChI=1S/C16H24N2O2/c1-11(2)20-15-6-4-5-13(9-15)16(19)18-14-8-7-12(3)17-10-14/h4-6,9,11-12,14,17H,7-8,10H2,1-3H3,(H,18,19). The van der Waals surface area contributed by atoms with Crippen molar-refractivity contribution in [1.82, 2.24) is 10.6 Å². The van der Waals surface area contributed by atoms with Crippen molar-refractivity contribution in [3.05, 3.63) is 29.8 Å². The lowest BCUT2D eigenvalue weighted by Gasteiger charge is -2.28. The van der Waals surface area contributed by atoms with Gasteiger partial charge in [-0.3, -0.25) is 4.79 Å². The quantitative estimate of drug-likeness (QED) is 0.887. The molecule has 0 bridgehead atoms. The number of hydrogen-bond acceptors (Lipinski definition) is 3. The first-order valence-corrected chi connectivity index (χ1v) is 7.35. The summed E-state index contributed by atoms with van der Waals surface area (Å²) in [6.07, 6.45) is 2.24. The van der Waals surface area contributed by atoms with Crippen LogP contribution in [0.1, 0.15) is 44.0 Å². The average molecular weight is 276 g/mol. The minimum Gasteiger partial charge on any atom is -0.491 e. The molecule has 2 N–H and O–H groups in total. The maximum absolute atomic E-state index is 12.2. The molecule has 1 fully saturated rings. The summed E-state index contributed by atoms with van der Waals surface area (Å²) in [6, 6.07) is 8.11. The van der Waals surface area contributed by atoms with Crippen LogP contribution in [0.25, 0.3) is 0 Å². The largest absolute Gasteiger partial charge is 0.491 e. The Morgan fingerprint density at radius 3 is 2.85 bits per heavy atom. The molecular weight excluding hydrogens is 252 g/mol. The monoisotopic (exact) mass is 276 g/mol. The first-order chi connectivity index (χ1) is 9.54. The van der Waals surface area contributed by atoms with Gasteiger partial charge in [-0.15, -0.1) is 0 Å². The Hall–Kier alpha value is -1.55. The van der Waals surface area contributed by atoms with Gasteiger partial charge in [-0.1, -0.05) is 6.07 Å². The van der Waals surface area contributed by atoms with E-state index in [9.17, 15) is 4.79 Å². The lowest BCUT2D eigenvalue weighted by atomic mass is 10.0. The molecule has 4 nitrogen and oxygen atoms in total. The van der Waals surface area contributed by atoms with Crippen molar-refractivity contribution in [1.29, 1.82) is 0 Å². The number of carbonyl (C=O) groups is 1. The summed E-state index contributed by atoms with van der Waals surface area (Å²) in [5.41, 5.74) is 0.654. The third kappa shape index (κ3) is 4.23. The highest BCUT2D eigenvalue weighted by Gasteiger charge is 2.19. The molecule has 0 aromatic heterocycles. The van der Waals surface area contributed by atoms with Gasteiger partial charge in [0.15, 0.2) is 0 Å². The van der Waals surface area contributed by atoms with E-state index in [-0.39, 0.29) is 18.1 Å². The fourth-order valence-electron chi connectivity index (χ4n) is 2.37. The number of hydrogen-bond donors (Lipinski definition) is 2. The maximum atomic E-state index is 12.2. The second kappa shape index (κ2) is 6.75. The van der Waals surface area contributed by atoms with E-state index < -0.39 is 0 Å². The van der Waals surface area contributed by atoms with Crippen LogP contribution in [-0.4, -0.2) is 30.6 Å². The number of benzene rings is 1. The highest BCUT2D eigenvalue weighted by Crippen LogP contribution is 2.15. The minimum atomic E-state index is -0.0273. The van der Waals surface area contributed by atoms with Crippen LogP contribution in [-0.2, 0) is 0 Å². The van der Waals surface area contributed by atoms with Crippen molar-refractivity contribution in [3.63, 3.8) is 0 Å². The Kier molecular flexibility index (Phi) is 5.01. The van der Waals surface area contributed by atoms with E-state index in [1.54, 1.807) is 6.07 Å². The van der Waals surface area contributed by atoms with E-state index in [0.717, 1.165) is 25.1 Å². The molecule has 1 aliphatic rings. The lowest BCUT2D eigenvalue weighted by Crippen LogP contribution is -2.48. The van der Waals surface area contributed by atoms with Gasteiger partial charge >= 0.3 is 0 Å². The summed E-state index contributed by atoms with van der Waals surface area (Å²) >= 11 is 0. The predicted molar refractivity (Wildman–Crippen MR) is 80.2 cm³/mol. The molecule has 1 saturated heterocycles. The maximum Gasteiger partial charge on any atom is 0.251 e. The van der Waals surface area contributed by atoms with Gasteiger partial charge in [-0.25, -0.2) is 0 Å². The summed E-state index contributed by atoms with van der Waals surface area (Å²) in [5.74, 6) is 0.712. The van der Waals surface area contributed by atoms with Gasteiger partial charge in [0.2, 0.25) is 0 Å². The van der Waals surface area contributed by atoms with Crippen LogP contribution in [0.2, 0.25) is 0 Å². The number of rotatable bonds is 4. The van der Waals surface area contributed by atoms with Crippen molar-refractivity contribution >= 4 is 5.91 Å². The Morgan fingerprint density at radius 1 is 1.40 bits per heavy atom. The zero-order valence-electron chi connectivity index (χ0n) is 12.5. The molecule has 20 heavy (non-hydrogen) atoms. The smallest absolute Gasteiger partial charge is 0.251 e. The summed E-state index contributed by atoms with van der Waals surface area (Å²) in [6.45, 7) is 6.96. The molecule has 2 atom stereocenters. The van der Waals surface area contributed by atoms with E-state index in [0.29, 0.717) is 11.6 Å². The van der Waals surface area contributed by atoms with E-state index in [2.05, 4.69) is 17.6 Å². The molecule has 1 aromatic rings. The average Bonchev–Trinajstić information content (AvgIpc) is 2.41. The highest BCUT2D eigenvalue weighted by atomic mass is 16.5. The van der Waals surface area contributed by atoms with Gasteiger partial charge in [-0.2, -0.15) is 0 Å². The molecule has 1 amide bonds. The van der Waals surface area contributed by atoms with Gasteiger partial charge in [0.05, 0.1) is 6.10 Å². The van der Waals surface area contributed by atoms with Crippen molar-refractivity contribution in [3.8, 4) is 5.75 Å². The molecule has 4 heteroatoms. The highest BCUT2D eigenvalue weighted by molar-refractivity contribution is 5.94. The first-order valence-electron chi connectivity index (χ1n) is 7.35. The molecule has 110 valence electrons. The zero-order chi connectivity index (χ0) is 14.5. The van der Waals surface area contributed by atoms with Crippen molar-refractivity contribution in [2.24, 2.45) is 0 Å². The molecular formula is C16H24N2O2. The number of amides is 1. The van der Waals surface area contributed by atoms with Gasteiger partial charge in [-0.05, 0) is 51.8 Å². The topological polar surface area (TPSA) is 50.4 Å². The lowest BCUT2D eigenvalue weighted by molar-refractivity contribution is 0.0927. The van der Waals surface area contributed by atoms with Gasteiger partial charge in [0.25, 0.3) is 5.91 Å². The number of piperidine rings is 1. The second-order valence-corrected chi connectivity index (χ2v) is 5.75. The predicted octanol–water partition coefficient (Wildman–Crippen LogP) is 2.34. The number of nitrogens with one attached hydrogen (secondary N) is 2. The van der Waals surface area contributed by atoms with Crippen LogP contribution in [0.3, 0.4) is 0 Å². The fourth-order valence-corrected chi connectivity index (χ4v) is 2.37. The van der Waals surface area contributed by atoms with Crippen LogP contribution in [0.4, 0.5) is 0 Å². The van der Waals surface area contributed by atoms with Crippen LogP contribution in [0.15, 0.2) is 24.3 Å². The van der Waals surface area contributed by atoms with E-state index in [1.807, 2.05) is 32.0 Å². The molecule has 2 rings (SSSR count). The molecule has 1 aliphatic heterocycles. The van der Waals surface area contributed by atoms with Gasteiger partial charge < -0.3 is 15.4 Å². The van der Waals surface area contributed by atoms with E-state index >= 15 is 0 Å². The summed E-state index contributed by atoms with van der Waals surface area (Å²) in [5, 5.41) is 6.47. The molecule has 0 radical (unpaired) electrons. The zero-order valence-corrected chi connectivity index (χ0v) is 12.5. The Bertz CT molecular complexity index is 452. The molecule has 0 saturated carbocycles. The van der Waals surface area contributed by atoms with Gasteiger partial charge in [0.1, 0.15) is 5.75 Å². The fraction of sp³-hybridized carbons (Fsp3) is 0.562. The third-order valence-corrected chi connectivity index (χ3v) is 3.46. The second-order valence-electron chi connectivity index (χ2n) is 5.75. The summed E-state index contributed by atoms with van der Waals surface area (Å²) in [4.78, 5) is 12.2. The summed E-state index contributed by atoms with van der Waals surface area (Å²) in [7, 11) is 0. The third-order valence-electron chi connectivity index (χ3n) is 3.46. The Labute approximate surface area is 120 Å². The van der Waals surface area contributed by atoms with Crippen molar-refractivity contribution < 1.29 is 9.53 Å². The van der Waals surface area contributed by atoms with Crippen molar-refractivity contribution in [2.45, 2.75) is 51.8 Å². The van der Waals surface area contributed by atoms with Crippen LogP contribution in [0, 0.1) is 0 Å². The normalized spacial score (nSPS) is 22.6. The van der Waals surface area contributed by atoms with E-state index in [1.165, 1.54) is 0 Å². The Balaban J connectivity index is 1.95. The van der Waals surface area contributed by atoms with E-state index in [4.69, 9.17) is 4.74 Å². The summed E-state index contributed by atoms with van der Waals surface area (Å²) < 4.78 is 5.62.